The molecule has 0 bridgehead atoms. The Hall–Kier alpha value is -2.73. The fourth-order valence-corrected chi connectivity index (χ4v) is 4.74. The first kappa shape index (κ1) is 17.7. The van der Waals surface area contributed by atoms with E-state index in [1.165, 1.54) is 0 Å². The first-order valence-corrected chi connectivity index (χ1v) is 10.5. The highest BCUT2D eigenvalue weighted by atomic mass is 32.2. The van der Waals surface area contributed by atoms with Gasteiger partial charge in [-0.15, -0.1) is 0 Å². The Morgan fingerprint density at radius 3 is 2.44 bits per heavy atom. The lowest BCUT2D eigenvalue weighted by Crippen LogP contribution is -2.23. The SMILES string of the molecule is CC[C@@H](C(=O)Nc1c2c(nn1-c1ccccc1)C[S@@](=O)C2)c1ccccc1. The molecule has 1 aliphatic rings. The molecule has 0 aliphatic carbocycles. The van der Waals surface area contributed by atoms with Crippen molar-refractivity contribution in [2.45, 2.75) is 30.8 Å². The third-order valence-electron chi connectivity index (χ3n) is 4.84. The van der Waals surface area contributed by atoms with Crippen LogP contribution in [0.5, 0.6) is 0 Å². The smallest absolute Gasteiger partial charge is 0.233 e. The van der Waals surface area contributed by atoms with Gasteiger partial charge in [-0.2, -0.15) is 5.10 Å². The number of fused-ring (bicyclic) bond motifs is 1. The van der Waals surface area contributed by atoms with Crippen LogP contribution in [0.15, 0.2) is 60.7 Å². The summed E-state index contributed by atoms with van der Waals surface area (Å²) in [5, 5.41) is 7.72. The van der Waals surface area contributed by atoms with E-state index in [2.05, 4.69) is 10.4 Å². The zero-order valence-corrected chi connectivity index (χ0v) is 15.9. The van der Waals surface area contributed by atoms with Crippen LogP contribution in [-0.4, -0.2) is 19.9 Å². The Morgan fingerprint density at radius 2 is 1.78 bits per heavy atom. The first-order chi connectivity index (χ1) is 13.2. The highest BCUT2D eigenvalue weighted by Crippen LogP contribution is 2.32. The molecule has 3 aromatic rings. The lowest BCUT2D eigenvalue weighted by atomic mass is 9.95. The predicted octanol–water partition coefficient (Wildman–Crippen LogP) is 3.77. The summed E-state index contributed by atoms with van der Waals surface area (Å²) in [7, 11) is -0.954. The van der Waals surface area contributed by atoms with Crippen molar-refractivity contribution in [2.75, 3.05) is 5.32 Å². The van der Waals surface area contributed by atoms with Crippen molar-refractivity contribution in [2.24, 2.45) is 0 Å². The minimum absolute atomic E-state index is 0.0683. The number of benzene rings is 2. The maximum Gasteiger partial charge on any atom is 0.233 e. The van der Waals surface area contributed by atoms with Gasteiger partial charge >= 0.3 is 0 Å². The topological polar surface area (TPSA) is 64.0 Å². The van der Waals surface area contributed by atoms with Crippen LogP contribution >= 0.6 is 0 Å². The number of nitrogens with one attached hydrogen (secondary N) is 1. The summed E-state index contributed by atoms with van der Waals surface area (Å²) in [6.07, 6.45) is 0.698. The highest BCUT2D eigenvalue weighted by Gasteiger charge is 2.29. The molecule has 1 aliphatic heterocycles. The minimum atomic E-state index is -0.954. The van der Waals surface area contributed by atoms with Crippen LogP contribution in [-0.2, 0) is 27.1 Å². The largest absolute Gasteiger partial charge is 0.310 e. The van der Waals surface area contributed by atoms with Gasteiger partial charge in [0.05, 0.1) is 28.8 Å². The van der Waals surface area contributed by atoms with Gasteiger partial charge in [0.2, 0.25) is 5.91 Å². The Kier molecular flexibility index (Phi) is 4.90. The number of rotatable bonds is 5. The number of hydrogen-bond donors (Lipinski definition) is 1. The quantitative estimate of drug-likeness (QED) is 0.734. The monoisotopic (exact) mass is 379 g/mol. The fourth-order valence-electron chi connectivity index (χ4n) is 3.47. The molecule has 2 aromatic carbocycles. The van der Waals surface area contributed by atoms with Crippen molar-refractivity contribution in [3.63, 3.8) is 0 Å². The highest BCUT2D eigenvalue weighted by molar-refractivity contribution is 7.83. The Bertz CT molecular complexity index is 983. The molecule has 27 heavy (non-hydrogen) atoms. The second kappa shape index (κ2) is 7.48. The molecular weight excluding hydrogens is 358 g/mol. The Morgan fingerprint density at radius 1 is 1.11 bits per heavy atom. The van der Waals surface area contributed by atoms with E-state index >= 15 is 0 Å². The van der Waals surface area contributed by atoms with Crippen molar-refractivity contribution in [3.8, 4) is 5.69 Å². The summed E-state index contributed by atoms with van der Waals surface area (Å²) < 4.78 is 13.8. The van der Waals surface area contributed by atoms with E-state index in [1.54, 1.807) is 4.68 Å². The molecule has 1 amide bonds. The molecule has 6 heteroatoms. The summed E-state index contributed by atoms with van der Waals surface area (Å²) in [4.78, 5) is 13.1. The number of amides is 1. The predicted molar refractivity (Wildman–Crippen MR) is 107 cm³/mol. The zero-order valence-electron chi connectivity index (χ0n) is 15.1. The summed E-state index contributed by atoms with van der Waals surface area (Å²) in [5.41, 5.74) is 3.55. The second-order valence-corrected chi connectivity index (χ2v) is 8.07. The van der Waals surface area contributed by atoms with Gasteiger partial charge in [-0.3, -0.25) is 9.00 Å². The van der Waals surface area contributed by atoms with Gasteiger partial charge in [-0.1, -0.05) is 55.5 Å². The Balaban J connectivity index is 1.71. The standard InChI is InChI=1S/C21H21N3O2S/c1-2-17(15-9-5-3-6-10-15)21(25)22-20-18-13-27(26)14-19(18)23-24(20)16-11-7-4-8-12-16/h3-12,17H,2,13-14H2,1H3,(H,22,25)/t17-,27+/m1/s1. The molecule has 0 saturated carbocycles. The molecular formula is C21H21N3O2S. The van der Waals surface area contributed by atoms with E-state index < -0.39 is 10.8 Å². The molecule has 1 N–H and O–H groups in total. The molecule has 0 spiro atoms. The molecule has 2 heterocycles. The van der Waals surface area contributed by atoms with E-state index in [0.29, 0.717) is 23.7 Å². The number of para-hydroxylation sites is 1. The summed E-state index contributed by atoms with van der Waals surface area (Å²) in [5.74, 6) is 1.20. The van der Waals surface area contributed by atoms with Crippen LogP contribution in [0.25, 0.3) is 5.69 Å². The number of carbonyl (C=O) groups is 1. The maximum atomic E-state index is 13.1. The normalized spacial score (nSPS) is 16.7. The van der Waals surface area contributed by atoms with Crippen molar-refractivity contribution in [1.29, 1.82) is 0 Å². The number of anilines is 1. The summed E-state index contributed by atoms with van der Waals surface area (Å²) in [6, 6.07) is 19.5. The maximum absolute atomic E-state index is 13.1. The van der Waals surface area contributed by atoms with Crippen LogP contribution in [0, 0.1) is 0 Å². The van der Waals surface area contributed by atoms with Crippen LogP contribution < -0.4 is 5.32 Å². The second-order valence-electron chi connectivity index (χ2n) is 6.61. The van der Waals surface area contributed by atoms with E-state index in [1.807, 2.05) is 67.6 Å². The van der Waals surface area contributed by atoms with E-state index in [4.69, 9.17) is 0 Å². The van der Waals surface area contributed by atoms with Gasteiger partial charge in [0.15, 0.2) is 0 Å². The number of hydrogen-bond acceptors (Lipinski definition) is 3. The van der Waals surface area contributed by atoms with Crippen LogP contribution in [0.1, 0.15) is 36.1 Å². The van der Waals surface area contributed by atoms with E-state index in [0.717, 1.165) is 22.5 Å². The molecule has 1 aromatic heterocycles. The molecule has 0 fully saturated rings. The van der Waals surface area contributed by atoms with Crippen molar-refractivity contribution in [3.05, 3.63) is 77.5 Å². The van der Waals surface area contributed by atoms with E-state index in [-0.39, 0.29) is 11.8 Å². The summed E-state index contributed by atoms with van der Waals surface area (Å²) in [6.45, 7) is 2.01. The minimum Gasteiger partial charge on any atom is -0.310 e. The lowest BCUT2D eigenvalue weighted by Gasteiger charge is -2.17. The average Bonchev–Trinajstić information content (AvgIpc) is 3.21. The molecule has 2 atom stereocenters. The molecule has 0 unspecified atom stereocenters. The van der Waals surface area contributed by atoms with Crippen LogP contribution in [0.2, 0.25) is 0 Å². The molecule has 0 saturated heterocycles. The van der Waals surface area contributed by atoms with Crippen LogP contribution in [0.4, 0.5) is 5.82 Å². The molecule has 5 nitrogen and oxygen atoms in total. The van der Waals surface area contributed by atoms with Crippen molar-refractivity contribution >= 4 is 22.5 Å². The van der Waals surface area contributed by atoms with E-state index in [9.17, 15) is 9.00 Å². The molecule has 0 radical (unpaired) electrons. The van der Waals surface area contributed by atoms with Gasteiger partial charge in [-0.05, 0) is 24.1 Å². The third kappa shape index (κ3) is 3.45. The first-order valence-electron chi connectivity index (χ1n) is 9.04. The van der Waals surface area contributed by atoms with Gasteiger partial charge in [-0.25, -0.2) is 4.68 Å². The van der Waals surface area contributed by atoms with Gasteiger partial charge in [0, 0.05) is 16.4 Å². The lowest BCUT2D eigenvalue weighted by molar-refractivity contribution is -0.117. The third-order valence-corrected chi connectivity index (χ3v) is 6.04. The number of aromatic nitrogens is 2. The van der Waals surface area contributed by atoms with Crippen molar-refractivity contribution in [1.82, 2.24) is 9.78 Å². The van der Waals surface area contributed by atoms with Crippen molar-refractivity contribution < 1.29 is 9.00 Å². The van der Waals surface area contributed by atoms with Gasteiger partial charge in [0.1, 0.15) is 5.82 Å². The number of nitrogens with zero attached hydrogens (tertiary/aromatic N) is 2. The Labute approximate surface area is 160 Å². The molecule has 4 rings (SSSR count). The fraction of sp³-hybridized carbons (Fsp3) is 0.238. The van der Waals surface area contributed by atoms with Gasteiger partial charge < -0.3 is 5.32 Å². The molecule has 138 valence electrons. The van der Waals surface area contributed by atoms with Crippen LogP contribution in [0.3, 0.4) is 0 Å². The van der Waals surface area contributed by atoms with Gasteiger partial charge in [0.25, 0.3) is 0 Å². The zero-order chi connectivity index (χ0) is 18.8. The summed E-state index contributed by atoms with van der Waals surface area (Å²) >= 11 is 0. The number of carbonyl (C=O) groups excluding carboxylic acids is 1. The average molecular weight is 379 g/mol.